The average Bonchev–Trinajstić information content (AvgIpc) is 2.60. The van der Waals surface area contributed by atoms with Gasteiger partial charge in [0, 0.05) is 18.3 Å². The van der Waals surface area contributed by atoms with Crippen molar-refractivity contribution in [3.05, 3.63) is 17.5 Å². The molecule has 0 spiro atoms. The van der Waals surface area contributed by atoms with Gasteiger partial charge < -0.3 is 11.1 Å². The SMILES string of the molecule is Cc1[nH]ncc1C(=O)NCC(N)CC(C)C. The molecule has 90 valence electrons. The average molecular weight is 224 g/mol. The van der Waals surface area contributed by atoms with Crippen LogP contribution in [0.4, 0.5) is 0 Å². The van der Waals surface area contributed by atoms with Gasteiger partial charge in [-0.15, -0.1) is 0 Å². The van der Waals surface area contributed by atoms with Gasteiger partial charge in [0.2, 0.25) is 0 Å². The van der Waals surface area contributed by atoms with Crippen molar-refractivity contribution in [2.45, 2.75) is 33.2 Å². The molecule has 0 aliphatic carbocycles. The lowest BCUT2D eigenvalue weighted by molar-refractivity contribution is 0.0949. The van der Waals surface area contributed by atoms with E-state index in [9.17, 15) is 4.79 Å². The molecular weight excluding hydrogens is 204 g/mol. The third-order valence-corrected chi connectivity index (χ3v) is 2.37. The molecule has 5 heteroatoms. The number of hydrogen-bond acceptors (Lipinski definition) is 3. The number of hydrogen-bond donors (Lipinski definition) is 3. The zero-order valence-electron chi connectivity index (χ0n) is 10.1. The molecule has 1 rings (SSSR count). The molecule has 5 nitrogen and oxygen atoms in total. The van der Waals surface area contributed by atoms with Gasteiger partial charge in [-0.25, -0.2) is 0 Å². The van der Waals surface area contributed by atoms with E-state index < -0.39 is 0 Å². The normalized spacial score (nSPS) is 12.8. The number of nitrogens with two attached hydrogens (primary N) is 1. The van der Waals surface area contributed by atoms with Crippen LogP contribution in [0.2, 0.25) is 0 Å². The van der Waals surface area contributed by atoms with Crippen molar-refractivity contribution in [1.29, 1.82) is 0 Å². The van der Waals surface area contributed by atoms with E-state index in [2.05, 4.69) is 29.4 Å². The Labute approximate surface area is 95.8 Å². The van der Waals surface area contributed by atoms with Crippen molar-refractivity contribution in [3.8, 4) is 0 Å². The minimum Gasteiger partial charge on any atom is -0.350 e. The zero-order chi connectivity index (χ0) is 12.1. The lowest BCUT2D eigenvalue weighted by Gasteiger charge is -2.14. The molecule has 1 amide bonds. The summed E-state index contributed by atoms with van der Waals surface area (Å²) in [6, 6.07) is 0.0103. The zero-order valence-corrected chi connectivity index (χ0v) is 10.1. The maximum atomic E-state index is 11.7. The lowest BCUT2D eigenvalue weighted by atomic mass is 10.0. The van der Waals surface area contributed by atoms with Crippen molar-refractivity contribution in [2.75, 3.05) is 6.54 Å². The molecule has 0 aliphatic heterocycles. The summed E-state index contributed by atoms with van der Waals surface area (Å²) in [6.45, 7) is 6.54. The fraction of sp³-hybridized carbons (Fsp3) is 0.636. The Bertz CT molecular complexity index is 346. The first-order valence-electron chi connectivity index (χ1n) is 5.54. The van der Waals surface area contributed by atoms with E-state index in [1.165, 1.54) is 6.20 Å². The van der Waals surface area contributed by atoms with E-state index in [0.29, 0.717) is 18.0 Å². The number of H-pyrrole nitrogens is 1. The number of aromatic nitrogens is 2. The molecule has 16 heavy (non-hydrogen) atoms. The van der Waals surface area contributed by atoms with E-state index in [0.717, 1.165) is 12.1 Å². The Hall–Kier alpha value is -1.36. The van der Waals surface area contributed by atoms with Crippen molar-refractivity contribution < 1.29 is 4.79 Å². The van der Waals surface area contributed by atoms with Crippen LogP contribution < -0.4 is 11.1 Å². The quantitative estimate of drug-likeness (QED) is 0.692. The molecule has 0 saturated carbocycles. The highest BCUT2D eigenvalue weighted by molar-refractivity contribution is 5.94. The lowest BCUT2D eigenvalue weighted by Crippen LogP contribution is -2.38. The Morgan fingerprint density at radius 3 is 2.81 bits per heavy atom. The van der Waals surface area contributed by atoms with Gasteiger partial charge in [-0.3, -0.25) is 9.89 Å². The van der Waals surface area contributed by atoms with E-state index >= 15 is 0 Å². The number of rotatable bonds is 5. The topological polar surface area (TPSA) is 83.8 Å². The minimum absolute atomic E-state index is 0.0103. The van der Waals surface area contributed by atoms with Crippen molar-refractivity contribution >= 4 is 5.91 Å². The largest absolute Gasteiger partial charge is 0.350 e. The van der Waals surface area contributed by atoms with Crippen LogP contribution in [0.15, 0.2) is 6.20 Å². The van der Waals surface area contributed by atoms with Crippen LogP contribution in [-0.4, -0.2) is 28.7 Å². The van der Waals surface area contributed by atoms with Crippen LogP contribution in [0.5, 0.6) is 0 Å². The second-order valence-electron chi connectivity index (χ2n) is 4.51. The highest BCUT2D eigenvalue weighted by atomic mass is 16.1. The summed E-state index contributed by atoms with van der Waals surface area (Å²) in [4.78, 5) is 11.7. The summed E-state index contributed by atoms with van der Waals surface area (Å²) in [5, 5.41) is 9.34. The highest BCUT2D eigenvalue weighted by Gasteiger charge is 2.12. The molecule has 0 fully saturated rings. The number of carbonyl (C=O) groups is 1. The fourth-order valence-corrected chi connectivity index (χ4v) is 1.59. The van der Waals surface area contributed by atoms with Crippen LogP contribution in [0.1, 0.15) is 36.3 Å². The molecule has 0 radical (unpaired) electrons. The predicted octanol–water partition coefficient (Wildman–Crippen LogP) is 0.821. The van der Waals surface area contributed by atoms with Crippen LogP contribution >= 0.6 is 0 Å². The first-order chi connectivity index (χ1) is 7.50. The molecule has 1 aromatic heterocycles. The number of aryl methyl sites for hydroxylation is 1. The Morgan fingerprint density at radius 2 is 2.31 bits per heavy atom. The second kappa shape index (κ2) is 5.65. The van der Waals surface area contributed by atoms with Crippen molar-refractivity contribution in [1.82, 2.24) is 15.5 Å². The van der Waals surface area contributed by atoms with Crippen LogP contribution in [0.3, 0.4) is 0 Å². The third kappa shape index (κ3) is 3.66. The van der Waals surface area contributed by atoms with E-state index in [4.69, 9.17) is 5.73 Å². The smallest absolute Gasteiger partial charge is 0.254 e. The first-order valence-corrected chi connectivity index (χ1v) is 5.54. The second-order valence-corrected chi connectivity index (χ2v) is 4.51. The van der Waals surface area contributed by atoms with Crippen LogP contribution in [-0.2, 0) is 0 Å². The van der Waals surface area contributed by atoms with Gasteiger partial charge in [-0.05, 0) is 19.3 Å². The highest BCUT2D eigenvalue weighted by Crippen LogP contribution is 2.04. The molecule has 0 bridgehead atoms. The third-order valence-electron chi connectivity index (χ3n) is 2.37. The van der Waals surface area contributed by atoms with Crippen molar-refractivity contribution in [3.63, 3.8) is 0 Å². The van der Waals surface area contributed by atoms with E-state index in [1.54, 1.807) is 0 Å². The number of carbonyl (C=O) groups excluding carboxylic acids is 1. The Morgan fingerprint density at radius 1 is 1.62 bits per heavy atom. The number of nitrogens with zero attached hydrogens (tertiary/aromatic N) is 1. The summed E-state index contributed by atoms with van der Waals surface area (Å²) in [7, 11) is 0. The summed E-state index contributed by atoms with van der Waals surface area (Å²) < 4.78 is 0. The molecule has 1 heterocycles. The van der Waals surface area contributed by atoms with Gasteiger partial charge in [0.25, 0.3) is 5.91 Å². The number of nitrogens with one attached hydrogen (secondary N) is 2. The number of aromatic amines is 1. The van der Waals surface area contributed by atoms with Gasteiger partial charge in [0.15, 0.2) is 0 Å². The summed E-state index contributed by atoms with van der Waals surface area (Å²) in [5.41, 5.74) is 7.23. The molecule has 1 atom stereocenters. The minimum atomic E-state index is -0.120. The first kappa shape index (κ1) is 12.7. The maximum Gasteiger partial charge on any atom is 0.254 e. The van der Waals surface area contributed by atoms with E-state index in [-0.39, 0.29) is 11.9 Å². The summed E-state index contributed by atoms with van der Waals surface area (Å²) in [5.74, 6) is 0.424. The van der Waals surface area contributed by atoms with Gasteiger partial charge in [0.1, 0.15) is 0 Å². The molecule has 0 aromatic carbocycles. The Kier molecular flexibility index (Phi) is 4.49. The fourth-order valence-electron chi connectivity index (χ4n) is 1.59. The monoisotopic (exact) mass is 224 g/mol. The maximum absolute atomic E-state index is 11.7. The Balaban J connectivity index is 2.39. The number of amides is 1. The van der Waals surface area contributed by atoms with Crippen molar-refractivity contribution in [2.24, 2.45) is 11.7 Å². The van der Waals surface area contributed by atoms with Gasteiger partial charge in [-0.2, -0.15) is 5.10 Å². The summed E-state index contributed by atoms with van der Waals surface area (Å²) >= 11 is 0. The van der Waals surface area contributed by atoms with E-state index in [1.807, 2.05) is 6.92 Å². The summed E-state index contributed by atoms with van der Waals surface area (Å²) in [6.07, 6.45) is 2.43. The molecule has 4 N–H and O–H groups in total. The molecule has 1 aromatic rings. The molecular formula is C11H20N4O. The van der Waals surface area contributed by atoms with Crippen LogP contribution in [0.25, 0.3) is 0 Å². The predicted molar refractivity (Wildman–Crippen MR) is 63.1 cm³/mol. The van der Waals surface area contributed by atoms with Crippen LogP contribution in [0, 0.1) is 12.8 Å². The van der Waals surface area contributed by atoms with Gasteiger partial charge in [0.05, 0.1) is 11.8 Å². The molecule has 0 aliphatic rings. The molecule has 0 saturated heterocycles. The van der Waals surface area contributed by atoms with Gasteiger partial charge >= 0.3 is 0 Å². The van der Waals surface area contributed by atoms with Gasteiger partial charge in [-0.1, -0.05) is 13.8 Å². The standard InChI is InChI=1S/C11H20N4O/c1-7(2)4-9(12)5-13-11(16)10-6-14-15-8(10)3/h6-7,9H,4-5,12H2,1-3H3,(H,13,16)(H,14,15). The molecule has 1 unspecified atom stereocenters.